The molecule has 0 bridgehead atoms. The lowest BCUT2D eigenvalue weighted by Gasteiger charge is -2.30. The molecule has 0 saturated carbocycles. The molecule has 1 atom stereocenters. The lowest BCUT2D eigenvalue weighted by Crippen LogP contribution is -2.47. The molecule has 1 saturated heterocycles. The van der Waals surface area contributed by atoms with Crippen molar-refractivity contribution in [1.29, 1.82) is 0 Å². The zero-order valence-electron chi connectivity index (χ0n) is 10.5. The first-order valence-corrected chi connectivity index (χ1v) is 5.86. The normalized spacial score (nSPS) is 19.8. The first-order chi connectivity index (χ1) is 7.65. The van der Waals surface area contributed by atoms with Gasteiger partial charge < -0.3 is 10.1 Å². The average molecular weight is 229 g/mol. The summed E-state index contributed by atoms with van der Waals surface area (Å²) in [7, 11) is 3.40. The van der Waals surface area contributed by atoms with Crippen molar-refractivity contribution in [3.8, 4) is 0 Å². The largest absolute Gasteiger partial charge is 0.468 e. The molecule has 94 valence electrons. The van der Waals surface area contributed by atoms with Crippen LogP contribution >= 0.6 is 0 Å². The van der Waals surface area contributed by atoms with Gasteiger partial charge in [-0.2, -0.15) is 0 Å². The minimum Gasteiger partial charge on any atom is -0.468 e. The second-order valence-electron chi connectivity index (χ2n) is 4.27. The van der Waals surface area contributed by atoms with Crippen LogP contribution in [0.15, 0.2) is 0 Å². The number of hydrogen-bond acceptors (Lipinski definition) is 5. The summed E-state index contributed by atoms with van der Waals surface area (Å²) in [5.41, 5.74) is 0. The van der Waals surface area contributed by atoms with Gasteiger partial charge >= 0.3 is 5.97 Å². The summed E-state index contributed by atoms with van der Waals surface area (Å²) in [6.45, 7) is 8.12. The molecule has 5 nitrogen and oxygen atoms in total. The molecule has 5 heteroatoms. The lowest BCUT2D eigenvalue weighted by atomic mass is 10.3. The van der Waals surface area contributed by atoms with E-state index in [9.17, 15) is 4.79 Å². The number of carbonyl (C=O) groups is 1. The highest BCUT2D eigenvalue weighted by molar-refractivity contribution is 5.75. The van der Waals surface area contributed by atoms with E-state index in [-0.39, 0.29) is 12.0 Å². The van der Waals surface area contributed by atoms with Gasteiger partial charge in [-0.1, -0.05) is 0 Å². The zero-order chi connectivity index (χ0) is 12.0. The minimum atomic E-state index is -0.164. The van der Waals surface area contributed by atoms with Gasteiger partial charge in [0.05, 0.1) is 7.11 Å². The van der Waals surface area contributed by atoms with Crippen LogP contribution in [0.25, 0.3) is 0 Å². The summed E-state index contributed by atoms with van der Waals surface area (Å²) < 4.78 is 4.72. The minimum absolute atomic E-state index is 0.159. The highest BCUT2D eigenvalue weighted by atomic mass is 16.5. The van der Waals surface area contributed by atoms with Crippen molar-refractivity contribution in [2.24, 2.45) is 0 Å². The smallest absolute Gasteiger partial charge is 0.322 e. The van der Waals surface area contributed by atoms with Gasteiger partial charge in [0.15, 0.2) is 0 Å². The van der Waals surface area contributed by atoms with Crippen molar-refractivity contribution >= 4 is 5.97 Å². The predicted molar refractivity (Wildman–Crippen MR) is 63.4 cm³/mol. The number of likely N-dealkylation sites (N-methyl/N-ethyl adjacent to an activating group) is 1. The van der Waals surface area contributed by atoms with Gasteiger partial charge in [0.1, 0.15) is 6.04 Å². The van der Waals surface area contributed by atoms with Crippen molar-refractivity contribution < 1.29 is 9.53 Å². The molecule has 0 aromatic rings. The van der Waals surface area contributed by atoms with Crippen molar-refractivity contribution in [2.75, 3.05) is 53.4 Å². The van der Waals surface area contributed by atoms with E-state index in [4.69, 9.17) is 4.74 Å². The number of hydrogen-bond donors (Lipinski definition) is 1. The topological polar surface area (TPSA) is 44.8 Å². The SMILES string of the molecule is COC(=O)C(C)N(C)CCN1CCNCC1. The number of carbonyl (C=O) groups excluding carboxylic acids is 1. The van der Waals surface area contributed by atoms with Gasteiger partial charge in [0, 0.05) is 39.3 Å². The van der Waals surface area contributed by atoms with E-state index < -0.39 is 0 Å². The third-order valence-corrected chi connectivity index (χ3v) is 3.18. The number of nitrogens with zero attached hydrogens (tertiary/aromatic N) is 2. The summed E-state index contributed by atoms with van der Waals surface area (Å²) in [4.78, 5) is 15.8. The van der Waals surface area contributed by atoms with Crippen molar-refractivity contribution in [1.82, 2.24) is 15.1 Å². The van der Waals surface area contributed by atoms with Crippen LogP contribution < -0.4 is 5.32 Å². The van der Waals surface area contributed by atoms with E-state index in [2.05, 4.69) is 10.2 Å². The van der Waals surface area contributed by atoms with Crippen molar-refractivity contribution in [3.05, 3.63) is 0 Å². The molecular weight excluding hydrogens is 206 g/mol. The van der Waals surface area contributed by atoms with Gasteiger partial charge in [-0.15, -0.1) is 0 Å². The van der Waals surface area contributed by atoms with E-state index in [0.717, 1.165) is 39.3 Å². The highest BCUT2D eigenvalue weighted by Gasteiger charge is 2.19. The molecule has 1 aliphatic rings. The highest BCUT2D eigenvalue weighted by Crippen LogP contribution is 1.99. The van der Waals surface area contributed by atoms with Crippen molar-refractivity contribution in [3.63, 3.8) is 0 Å². The molecule has 16 heavy (non-hydrogen) atoms. The summed E-state index contributed by atoms with van der Waals surface area (Å²) in [5.74, 6) is -0.164. The molecular formula is C11H23N3O2. The molecule has 1 rings (SSSR count). The molecule has 1 fully saturated rings. The molecule has 1 aliphatic heterocycles. The van der Waals surface area contributed by atoms with E-state index in [1.165, 1.54) is 7.11 Å². The van der Waals surface area contributed by atoms with Crippen LogP contribution in [0, 0.1) is 0 Å². The fraction of sp³-hybridized carbons (Fsp3) is 0.909. The number of rotatable bonds is 5. The molecule has 0 aromatic carbocycles. The van der Waals surface area contributed by atoms with E-state index in [1.807, 2.05) is 18.9 Å². The van der Waals surface area contributed by atoms with Crippen LogP contribution in [0.4, 0.5) is 0 Å². The van der Waals surface area contributed by atoms with E-state index in [1.54, 1.807) is 0 Å². The van der Waals surface area contributed by atoms with Crippen LogP contribution in [0.1, 0.15) is 6.92 Å². The quantitative estimate of drug-likeness (QED) is 0.637. The monoisotopic (exact) mass is 229 g/mol. The summed E-state index contributed by atoms with van der Waals surface area (Å²) >= 11 is 0. The van der Waals surface area contributed by atoms with Crippen LogP contribution in [0.3, 0.4) is 0 Å². The second kappa shape index (κ2) is 6.83. The molecule has 0 radical (unpaired) electrons. The zero-order valence-corrected chi connectivity index (χ0v) is 10.5. The Labute approximate surface area is 97.7 Å². The number of piperazine rings is 1. The standard InChI is InChI=1S/C11H23N3O2/c1-10(11(15)16-3)13(2)8-9-14-6-4-12-5-7-14/h10,12H,4-9H2,1-3H3. The molecule has 1 N–H and O–H groups in total. The maximum atomic E-state index is 11.3. The molecule has 0 aliphatic carbocycles. The van der Waals surface area contributed by atoms with E-state index >= 15 is 0 Å². The summed E-state index contributed by atoms with van der Waals surface area (Å²) in [6.07, 6.45) is 0. The van der Waals surface area contributed by atoms with Crippen LogP contribution in [-0.4, -0.2) is 75.2 Å². The number of ether oxygens (including phenoxy) is 1. The Hall–Kier alpha value is -0.650. The maximum Gasteiger partial charge on any atom is 0.322 e. The van der Waals surface area contributed by atoms with Gasteiger partial charge in [0.2, 0.25) is 0 Å². The Kier molecular flexibility index (Phi) is 5.73. The Bertz CT molecular complexity index is 217. The van der Waals surface area contributed by atoms with Crippen molar-refractivity contribution in [2.45, 2.75) is 13.0 Å². The van der Waals surface area contributed by atoms with Crippen LogP contribution in [0.2, 0.25) is 0 Å². The Morgan fingerprint density at radius 2 is 2.12 bits per heavy atom. The predicted octanol–water partition coefficient (Wildman–Crippen LogP) is -0.615. The maximum absolute atomic E-state index is 11.3. The fourth-order valence-corrected chi connectivity index (χ4v) is 1.78. The van der Waals surface area contributed by atoms with Gasteiger partial charge in [-0.25, -0.2) is 0 Å². The number of esters is 1. The summed E-state index contributed by atoms with van der Waals surface area (Å²) in [6, 6.07) is -0.159. The van der Waals surface area contributed by atoms with E-state index in [0.29, 0.717) is 0 Å². The molecule has 1 unspecified atom stereocenters. The second-order valence-corrected chi connectivity index (χ2v) is 4.27. The van der Waals surface area contributed by atoms with Gasteiger partial charge in [-0.05, 0) is 14.0 Å². The Balaban J connectivity index is 2.22. The van der Waals surface area contributed by atoms with Crippen LogP contribution in [0.5, 0.6) is 0 Å². The first kappa shape index (κ1) is 13.4. The third-order valence-electron chi connectivity index (χ3n) is 3.18. The molecule has 0 aromatic heterocycles. The third kappa shape index (κ3) is 4.08. The first-order valence-electron chi connectivity index (χ1n) is 5.86. The van der Waals surface area contributed by atoms with Gasteiger partial charge in [0.25, 0.3) is 0 Å². The lowest BCUT2D eigenvalue weighted by molar-refractivity contribution is -0.145. The average Bonchev–Trinajstić information content (AvgIpc) is 2.35. The van der Waals surface area contributed by atoms with Gasteiger partial charge in [-0.3, -0.25) is 14.6 Å². The Morgan fingerprint density at radius 3 is 2.69 bits per heavy atom. The number of nitrogens with one attached hydrogen (secondary N) is 1. The molecule has 0 spiro atoms. The molecule has 0 amide bonds. The fourth-order valence-electron chi connectivity index (χ4n) is 1.78. The molecule has 1 heterocycles. The van der Waals surface area contributed by atoms with Crippen LogP contribution in [-0.2, 0) is 9.53 Å². The summed E-state index contributed by atoms with van der Waals surface area (Å²) in [5, 5.41) is 3.32. The Morgan fingerprint density at radius 1 is 1.50 bits per heavy atom. The number of methoxy groups -OCH3 is 1.